The first-order valence-electron chi connectivity index (χ1n) is 9.61. The topological polar surface area (TPSA) is 84.0 Å². The van der Waals surface area contributed by atoms with Gasteiger partial charge in [-0.25, -0.2) is 9.59 Å². The molecular weight excluding hydrogens is 390 g/mol. The SMILES string of the molecule is CCOC(=O)C1=C(C[NH2+][C@@H](C)c2ccc(Cl)cc2)NC(=O)N[C@@H]1c1ccccc1. The quantitative estimate of drug-likeness (QED) is 0.609. The van der Waals surface area contributed by atoms with Crippen molar-refractivity contribution >= 4 is 23.6 Å². The van der Waals surface area contributed by atoms with E-state index in [1.54, 1.807) is 6.92 Å². The van der Waals surface area contributed by atoms with Gasteiger partial charge in [-0.3, -0.25) is 0 Å². The summed E-state index contributed by atoms with van der Waals surface area (Å²) in [6, 6.07) is 16.3. The van der Waals surface area contributed by atoms with E-state index in [2.05, 4.69) is 22.9 Å². The van der Waals surface area contributed by atoms with Crippen molar-refractivity contribution in [3.8, 4) is 0 Å². The van der Waals surface area contributed by atoms with Gasteiger partial charge < -0.3 is 20.7 Å². The molecule has 29 heavy (non-hydrogen) atoms. The number of benzene rings is 2. The molecule has 2 atom stereocenters. The second-order valence-corrected chi connectivity index (χ2v) is 7.27. The summed E-state index contributed by atoms with van der Waals surface area (Å²) in [6.45, 7) is 4.51. The molecule has 7 heteroatoms. The average molecular weight is 415 g/mol. The Kier molecular flexibility index (Phi) is 6.90. The monoisotopic (exact) mass is 414 g/mol. The molecule has 0 fully saturated rings. The minimum Gasteiger partial charge on any atom is -0.463 e. The van der Waals surface area contributed by atoms with Gasteiger partial charge in [0.05, 0.1) is 23.9 Å². The molecule has 152 valence electrons. The first-order valence-corrected chi connectivity index (χ1v) is 9.98. The molecule has 3 rings (SSSR count). The Bertz CT molecular complexity index is 897. The van der Waals surface area contributed by atoms with Crippen LogP contribution in [0.25, 0.3) is 0 Å². The molecule has 0 unspecified atom stereocenters. The van der Waals surface area contributed by atoms with Crippen molar-refractivity contribution in [2.75, 3.05) is 13.2 Å². The standard InChI is InChI=1S/C22H24ClN3O3/c1-3-29-21(27)19-18(13-24-14(2)15-9-11-17(23)12-10-15)25-22(28)26-20(19)16-7-5-4-6-8-16/h4-12,14,20,24H,3,13H2,1-2H3,(H2,25,26,28)/p+1/t14-,20+/m0/s1. The van der Waals surface area contributed by atoms with Crippen LogP contribution < -0.4 is 16.0 Å². The van der Waals surface area contributed by atoms with Crippen LogP contribution in [0.2, 0.25) is 5.02 Å². The summed E-state index contributed by atoms with van der Waals surface area (Å²) in [5, 5.41) is 8.38. The molecule has 1 aliphatic rings. The molecule has 1 aliphatic heterocycles. The highest BCUT2D eigenvalue weighted by Gasteiger charge is 2.34. The first kappa shape index (κ1) is 20.9. The number of urea groups is 1. The molecule has 2 amide bonds. The van der Waals surface area contributed by atoms with Crippen molar-refractivity contribution in [2.24, 2.45) is 0 Å². The van der Waals surface area contributed by atoms with Gasteiger partial charge in [0.2, 0.25) is 0 Å². The molecule has 0 aromatic heterocycles. The molecule has 0 spiro atoms. The number of halogens is 1. The zero-order chi connectivity index (χ0) is 20.8. The Labute approximate surface area is 175 Å². The third-order valence-electron chi connectivity index (χ3n) is 4.85. The number of amides is 2. The van der Waals surface area contributed by atoms with Crippen LogP contribution in [-0.2, 0) is 9.53 Å². The van der Waals surface area contributed by atoms with Crippen LogP contribution in [0.5, 0.6) is 0 Å². The van der Waals surface area contributed by atoms with Gasteiger partial charge in [-0.2, -0.15) is 0 Å². The minimum absolute atomic E-state index is 0.116. The van der Waals surface area contributed by atoms with Crippen molar-refractivity contribution in [3.05, 3.63) is 82.0 Å². The molecule has 0 saturated heterocycles. The highest BCUT2D eigenvalue weighted by molar-refractivity contribution is 6.30. The van der Waals surface area contributed by atoms with Gasteiger partial charge in [0, 0.05) is 10.6 Å². The molecule has 2 aromatic rings. The second kappa shape index (κ2) is 9.58. The fourth-order valence-electron chi connectivity index (χ4n) is 3.32. The van der Waals surface area contributed by atoms with Crippen LogP contribution in [0.15, 0.2) is 65.9 Å². The second-order valence-electron chi connectivity index (χ2n) is 6.83. The van der Waals surface area contributed by atoms with Gasteiger partial charge >= 0.3 is 12.0 Å². The average Bonchev–Trinajstić information content (AvgIpc) is 2.72. The van der Waals surface area contributed by atoms with Crippen molar-refractivity contribution in [2.45, 2.75) is 25.9 Å². The van der Waals surface area contributed by atoms with E-state index in [0.717, 1.165) is 11.1 Å². The Morgan fingerprint density at radius 3 is 2.52 bits per heavy atom. The third-order valence-corrected chi connectivity index (χ3v) is 5.11. The molecule has 1 heterocycles. The Morgan fingerprint density at radius 2 is 1.86 bits per heavy atom. The summed E-state index contributed by atoms with van der Waals surface area (Å²) in [5.74, 6) is -0.434. The lowest BCUT2D eigenvalue weighted by atomic mass is 9.95. The van der Waals surface area contributed by atoms with Crippen molar-refractivity contribution in [1.82, 2.24) is 10.6 Å². The van der Waals surface area contributed by atoms with Gasteiger partial charge in [-0.05, 0) is 31.5 Å². The highest BCUT2D eigenvalue weighted by Crippen LogP contribution is 2.27. The van der Waals surface area contributed by atoms with Gasteiger partial charge in [0.15, 0.2) is 0 Å². The lowest BCUT2D eigenvalue weighted by molar-refractivity contribution is -0.686. The number of carbonyl (C=O) groups is 2. The molecule has 6 nitrogen and oxygen atoms in total. The van der Waals surface area contributed by atoms with Crippen LogP contribution in [0.4, 0.5) is 4.79 Å². The summed E-state index contributed by atoms with van der Waals surface area (Å²) in [4.78, 5) is 25.0. The van der Waals surface area contributed by atoms with Crippen molar-refractivity contribution in [3.63, 3.8) is 0 Å². The van der Waals surface area contributed by atoms with Crippen LogP contribution in [0.3, 0.4) is 0 Å². The number of nitrogens with two attached hydrogens (primary N) is 1. The molecule has 0 radical (unpaired) electrons. The van der Waals surface area contributed by atoms with E-state index >= 15 is 0 Å². The Morgan fingerprint density at radius 1 is 1.17 bits per heavy atom. The van der Waals surface area contributed by atoms with Crippen LogP contribution >= 0.6 is 11.6 Å². The van der Waals surface area contributed by atoms with E-state index < -0.39 is 12.0 Å². The maximum atomic E-state index is 12.8. The van der Waals surface area contributed by atoms with Gasteiger partial charge in [0.25, 0.3) is 0 Å². The molecule has 0 saturated carbocycles. The number of carbonyl (C=O) groups excluding carboxylic acids is 2. The fourth-order valence-corrected chi connectivity index (χ4v) is 3.45. The minimum atomic E-state index is -0.557. The lowest BCUT2D eigenvalue weighted by Gasteiger charge is -2.29. The molecular formula is C22H25ClN3O3+. The predicted molar refractivity (Wildman–Crippen MR) is 111 cm³/mol. The molecule has 0 bridgehead atoms. The van der Waals surface area contributed by atoms with Crippen molar-refractivity contribution < 1.29 is 19.6 Å². The summed E-state index contributed by atoms with van der Waals surface area (Å²) in [6.07, 6.45) is 0. The zero-order valence-corrected chi connectivity index (χ0v) is 17.2. The summed E-state index contributed by atoms with van der Waals surface area (Å²) < 4.78 is 5.29. The van der Waals surface area contributed by atoms with E-state index in [-0.39, 0.29) is 18.7 Å². The molecule has 4 N–H and O–H groups in total. The van der Waals surface area contributed by atoms with Crippen molar-refractivity contribution in [1.29, 1.82) is 0 Å². The number of nitrogens with one attached hydrogen (secondary N) is 2. The summed E-state index contributed by atoms with van der Waals surface area (Å²) >= 11 is 5.97. The third kappa shape index (κ3) is 5.16. The maximum absolute atomic E-state index is 12.8. The van der Waals surface area contributed by atoms with Crippen LogP contribution in [0.1, 0.15) is 37.1 Å². The van der Waals surface area contributed by atoms with Gasteiger partial charge in [-0.1, -0.05) is 54.1 Å². The number of esters is 1. The van der Waals surface area contributed by atoms with E-state index in [4.69, 9.17) is 16.3 Å². The van der Waals surface area contributed by atoms with E-state index in [0.29, 0.717) is 22.8 Å². The number of hydrogen-bond acceptors (Lipinski definition) is 3. The lowest BCUT2D eigenvalue weighted by Crippen LogP contribution is -2.86. The number of quaternary nitrogens is 1. The fraction of sp³-hybridized carbons (Fsp3) is 0.273. The van der Waals surface area contributed by atoms with Gasteiger partial charge in [0.1, 0.15) is 12.6 Å². The maximum Gasteiger partial charge on any atom is 0.338 e. The van der Waals surface area contributed by atoms with E-state index in [1.807, 2.05) is 54.6 Å². The first-order chi connectivity index (χ1) is 14.0. The highest BCUT2D eigenvalue weighted by atomic mass is 35.5. The Hall–Kier alpha value is -2.83. The Balaban J connectivity index is 1.88. The van der Waals surface area contributed by atoms with Crippen LogP contribution in [-0.4, -0.2) is 25.2 Å². The number of rotatable bonds is 7. The van der Waals surface area contributed by atoms with Gasteiger partial charge in [-0.15, -0.1) is 0 Å². The van der Waals surface area contributed by atoms with E-state index in [1.165, 1.54) is 0 Å². The largest absolute Gasteiger partial charge is 0.463 e. The van der Waals surface area contributed by atoms with Crippen LogP contribution in [0, 0.1) is 0 Å². The molecule has 2 aromatic carbocycles. The smallest absolute Gasteiger partial charge is 0.338 e. The molecule has 0 aliphatic carbocycles. The predicted octanol–water partition coefficient (Wildman–Crippen LogP) is 2.84. The normalized spacial score (nSPS) is 17.3. The number of ether oxygens (including phenoxy) is 1. The summed E-state index contributed by atoms with van der Waals surface area (Å²) in [7, 11) is 0. The zero-order valence-electron chi connectivity index (χ0n) is 16.4. The summed E-state index contributed by atoms with van der Waals surface area (Å²) in [5.41, 5.74) is 2.92. The van der Waals surface area contributed by atoms with E-state index in [9.17, 15) is 9.59 Å². The number of hydrogen-bond donors (Lipinski definition) is 3.